The van der Waals surface area contributed by atoms with E-state index in [1.165, 1.54) is 0 Å². The molecule has 2 bridgehead atoms. The Kier molecular flexibility index (Phi) is 1.03. The first kappa shape index (κ1) is 7.26. The van der Waals surface area contributed by atoms with E-state index in [0.717, 1.165) is 0 Å². The molecular weight excluding hydrogens is 170 g/mol. The maximum Gasteiger partial charge on any atom is 0.233 e. The van der Waals surface area contributed by atoms with E-state index in [2.05, 4.69) is 5.32 Å². The van der Waals surface area contributed by atoms with Crippen LogP contribution in [0, 0.1) is 11.8 Å². The second-order valence-electron chi connectivity index (χ2n) is 3.98. The summed E-state index contributed by atoms with van der Waals surface area (Å²) < 4.78 is 5.57. The highest BCUT2D eigenvalue weighted by Gasteiger charge is 2.63. The predicted molar refractivity (Wildman–Crippen MR) is 42.5 cm³/mol. The summed E-state index contributed by atoms with van der Waals surface area (Å²) >= 11 is 0. The van der Waals surface area contributed by atoms with Gasteiger partial charge in [-0.25, -0.2) is 0 Å². The van der Waals surface area contributed by atoms with E-state index in [1.807, 2.05) is 19.1 Å². The van der Waals surface area contributed by atoms with Crippen LogP contribution in [0.5, 0.6) is 0 Å². The van der Waals surface area contributed by atoms with E-state index < -0.39 is 5.60 Å². The van der Waals surface area contributed by atoms with Gasteiger partial charge in [0.05, 0.1) is 23.5 Å². The molecule has 3 rings (SSSR count). The van der Waals surface area contributed by atoms with Crippen molar-refractivity contribution < 1.29 is 14.3 Å². The fourth-order valence-corrected chi connectivity index (χ4v) is 2.58. The second kappa shape index (κ2) is 1.85. The number of fused-ring (bicyclic) bond motifs is 5. The van der Waals surface area contributed by atoms with Crippen LogP contribution in [0.25, 0.3) is 0 Å². The van der Waals surface area contributed by atoms with Crippen LogP contribution in [-0.4, -0.2) is 23.5 Å². The molecule has 0 spiro atoms. The molecule has 3 aliphatic heterocycles. The Bertz CT molecular complexity index is 349. The van der Waals surface area contributed by atoms with E-state index in [-0.39, 0.29) is 29.8 Å². The number of hydrogen-bond acceptors (Lipinski definition) is 3. The summed E-state index contributed by atoms with van der Waals surface area (Å²) in [6.07, 6.45) is 3.57. The van der Waals surface area contributed by atoms with Crippen molar-refractivity contribution in [1.82, 2.24) is 5.32 Å². The van der Waals surface area contributed by atoms with Crippen LogP contribution in [0.15, 0.2) is 12.2 Å². The average Bonchev–Trinajstić information content (AvgIpc) is 2.62. The van der Waals surface area contributed by atoms with Gasteiger partial charge in [-0.15, -0.1) is 0 Å². The van der Waals surface area contributed by atoms with Crippen LogP contribution in [0.4, 0.5) is 0 Å². The number of amides is 2. The average molecular weight is 179 g/mol. The molecule has 0 aromatic carbocycles. The molecule has 4 nitrogen and oxygen atoms in total. The van der Waals surface area contributed by atoms with Crippen molar-refractivity contribution in [2.75, 3.05) is 0 Å². The van der Waals surface area contributed by atoms with Gasteiger partial charge in [-0.3, -0.25) is 14.9 Å². The molecule has 0 radical (unpaired) electrons. The highest BCUT2D eigenvalue weighted by atomic mass is 16.5. The van der Waals surface area contributed by atoms with E-state index in [4.69, 9.17) is 4.74 Å². The summed E-state index contributed by atoms with van der Waals surface area (Å²) in [6, 6.07) is 0. The summed E-state index contributed by atoms with van der Waals surface area (Å²) in [4.78, 5) is 22.8. The van der Waals surface area contributed by atoms with Gasteiger partial charge in [-0.2, -0.15) is 0 Å². The summed E-state index contributed by atoms with van der Waals surface area (Å²) in [5, 5.41) is 2.35. The molecule has 2 fully saturated rings. The molecule has 4 heteroatoms. The summed E-state index contributed by atoms with van der Waals surface area (Å²) in [5.41, 5.74) is -0.550. The third kappa shape index (κ3) is 0.659. The zero-order chi connectivity index (χ0) is 9.22. The lowest BCUT2D eigenvalue weighted by molar-refractivity contribution is -0.129. The van der Waals surface area contributed by atoms with Crippen LogP contribution in [0.3, 0.4) is 0 Å². The van der Waals surface area contributed by atoms with E-state index in [0.29, 0.717) is 0 Å². The highest BCUT2D eigenvalue weighted by Crippen LogP contribution is 2.48. The maximum atomic E-state index is 11.4. The lowest BCUT2D eigenvalue weighted by Gasteiger charge is -2.21. The Balaban J connectivity index is 2.13. The highest BCUT2D eigenvalue weighted by molar-refractivity contribution is 6.07. The van der Waals surface area contributed by atoms with Crippen LogP contribution < -0.4 is 5.32 Å². The zero-order valence-electron chi connectivity index (χ0n) is 7.11. The SMILES string of the molecule is C[C@]12C=C[C@H](O1)[C@@H]1C(=O)NC(=O)[C@@H]12. The fourth-order valence-electron chi connectivity index (χ4n) is 2.58. The van der Waals surface area contributed by atoms with Gasteiger partial charge < -0.3 is 4.74 Å². The van der Waals surface area contributed by atoms with Gasteiger partial charge in [0.1, 0.15) is 0 Å². The smallest absolute Gasteiger partial charge is 0.233 e. The zero-order valence-corrected chi connectivity index (χ0v) is 7.11. The molecule has 0 aromatic rings. The van der Waals surface area contributed by atoms with Crippen molar-refractivity contribution >= 4 is 11.8 Å². The molecule has 2 amide bonds. The molecule has 2 saturated heterocycles. The third-order valence-corrected chi connectivity index (χ3v) is 3.17. The number of rotatable bonds is 0. The number of hydrogen-bond donors (Lipinski definition) is 1. The first-order chi connectivity index (χ1) is 6.12. The van der Waals surface area contributed by atoms with Crippen LogP contribution >= 0.6 is 0 Å². The van der Waals surface area contributed by atoms with Gasteiger partial charge in [0.15, 0.2) is 0 Å². The number of ether oxygens (including phenoxy) is 1. The van der Waals surface area contributed by atoms with Gasteiger partial charge >= 0.3 is 0 Å². The molecular formula is C9H9NO3. The maximum absolute atomic E-state index is 11.4. The Morgan fingerprint density at radius 1 is 1.46 bits per heavy atom. The molecule has 4 atom stereocenters. The first-order valence-corrected chi connectivity index (χ1v) is 4.34. The monoisotopic (exact) mass is 179 g/mol. The van der Waals surface area contributed by atoms with Gasteiger partial charge in [-0.1, -0.05) is 12.2 Å². The Morgan fingerprint density at radius 2 is 2.23 bits per heavy atom. The molecule has 1 N–H and O–H groups in total. The summed E-state index contributed by atoms with van der Waals surface area (Å²) in [6.45, 7) is 1.85. The third-order valence-electron chi connectivity index (χ3n) is 3.17. The number of nitrogens with one attached hydrogen (secondary N) is 1. The van der Waals surface area contributed by atoms with Crippen molar-refractivity contribution in [3.05, 3.63) is 12.2 Å². The van der Waals surface area contributed by atoms with Crippen LogP contribution in [0.2, 0.25) is 0 Å². The van der Waals surface area contributed by atoms with E-state index in [1.54, 1.807) is 0 Å². The first-order valence-electron chi connectivity index (χ1n) is 4.34. The molecule has 13 heavy (non-hydrogen) atoms. The van der Waals surface area contributed by atoms with Gasteiger partial charge in [0.25, 0.3) is 0 Å². The molecule has 68 valence electrons. The molecule has 3 aliphatic rings. The minimum Gasteiger partial charge on any atom is -0.362 e. The Hall–Kier alpha value is -1.16. The summed E-state index contributed by atoms with van der Waals surface area (Å²) in [7, 11) is 0. The van der Waals surface area contributed by atoms with Crippen molar-refractivity contribution in [3.63, 3.8) is 0 Å². The van der Waals surface area contributed by atoms with Crippen LogP contribution in [-0.2, 0) is 14.3 Å². The molecule has 0 aromatic heterocycles. The Labute approximate surface area is 74.9 Å². The molecule has 3 heterocycles. The molecule has 0 unspecified atom stereocenters. The minimum absolute atomic E-state index is 0.187. The number of imide groups is 1. The number of carbonyl (C=O) groups is 2. The van der Waals surface area contributed by atoms with Crippen molar-refractivity contribution in [2.45, 2.75) is 18.6 Å². The van der Waals surface area contributed by atoms with Crippen LogP contribution in [0.1, 0.15) is 6.92 Å². The largest absolute Gasteiger partial charge is 0.362 e. The minimum atomic E-state index is -0.550. The lowest BCUT2D eigenvalue weighted by atomic mass is 9.78. The van der Waals surface area contributed by atoms with Crippen molar-refractivity contribution in [1.29, 1.82) is 0 Å². The van der Waals surface area contributed by atoms with Gasteiger partial charge in [0.2, 0.25) is 11.8 Å². The molecule has 0 saturated carbocycles. The Morgan fingerprint density at radius 3 is 2.92 bits per heavy atom. The topological polar surface area (TPSA) is 55.4 Å². The summed E-state index contributed by atoms with van der Waals surface area (Å²) in [5.74, 6) is -0.977. The lowest BCUT2D eigenvalue weighted by Crippen LogP contribution is -2.36. The fraction of sp³-hybridized carbons (Fsp3) is 0.556. The van der Waals surface area contributed by atoms with Gasteiger partial charge in [0, 0.05) is 0 Å². The van der Waals surface area contributed by atoms with E-state index >= 15 is 0 Å². The predicted octanol–water partition coefficient (Wildman–Crippen LogP) is -0.398. The molecule has 0 aliphatic carbocycles. The number of carbonyl (C=O) groups excluding carboxylic acids is 2. The quantitative estimate of drug-likeness (QED) is 0.406. The second-order valence-corrected chi connectivity index (χ2v) is 3.98. The normalized spacial score (nSPS) is 51.3. The van der Waals surface area contributed by atoms with Crippen molar-refractivity contribution in [3.8, 4) is 0 Å². The van der Waals surface area contributed by atoms with Crippen molar-refractivity contribution in [2.24, 2.45) is 11.8 Å². The van der Waals surface area contributed by atoms with E-state index in [9.17, 15) is 9.59 Å². The van der Waals surface area contributed by atoms with Gasteiger partial charge in [-0.05, 0) is 6.92 Å². The standard InChI is InChI=1S/C9H9NO3/c1-9-3-2-4(13-9)5-6(9)8(12)10-7(5)11/h2-6H,1H3,(H,10,11,12)/t4-,5-,6+,9+/m0/s1.